The Kier molecular flexibility index (Phi) is 3.89. The van der Waals surface area contributed by atoms with Crippen LogP contribution in [0.4, 0.5) is 0 Å². The van der Waals surface area contributed by atoms with Gasteiger partial charge in [0.1, 0.15) is 0 Å². The minimum Gasteiger partial charge on any atom is -0.392 e. The Morgan fingerprint density at radius 1 is 0.750 bits per heavy atom. The summed E-state index contributed by atoms with van der Waals surface area (Å²) in [5.41, 5.74) is 0.909. The van der Waals surface area contributed by atoms with Crippen LogP contribution in [0.15, 0.2) is 54.6 Å². The van der Waals surface area contributed by atoms with Crippen LogP contribution in [0, 0.1) is 0 Å². The SMILES string of the molecule is OCc1ccccccccc1. The van der Waals surface area contributed by atoms with Crippen LogP contribution in [0.25, 0.3) is 0 Å². The highest BCUT2D eigenvalue weighted by Gasteiger charge is 1.79. The van der Waals surface area contributed by atoms with Crippen LogP contribution in [-0.4, -0.2) is 5.11 Å². The molecular weight excluding hydrogens is 148 g/mol. The van der Waals surface area contributed by atoms with Crippen molar-refractivity contribution in [3.63, 3.8) is 0 Å². The Balaban J connectivity index is 3.07. The van der Waals surface area contributed by atoms with Crippen LogP contribution >= 0.6 is 0 Å². The minimum absolute atomic E-state index is 0.0817. The molecule has 0 saturated heterocycles. The lowest BCUT2D eigenvalue weighted by molar-refractivity contribution is 0.282. The second kappa shape index (κ2) is 5.33. The summed E-state index contributed by atoms with van der Waals surface area (Å²) < 4.78 is 0. The Hall–Kier alpha value is -1.34. The van der Waals surface area contributed by atoms with E-state index in [1.165, 1.54) is 0 Å². The predicted molar refractivity (Wildman–Crippen MR) is 50.0 cm³/mol. The summed E-state index contributed by atoms with van der Waals surface area (Å²) in [7, 11) is 0. The minimum atomic E-state index is 0.0817. The van der Waals surface area contributed by atoms with Gasteiger partial charge in [0.2, 0.25) is 0 Å². The van der Waals surface area contributed by atoms with Crippen molar-refractivity contribution in [2.24, 2.45) is 0 Å². The molecule has 1 heteroatoms. The first-order chi connectivity index (χ1) is 5.93. The van der Waals surface area contributed by atoms with E-state index >= 15 is 0 Å². The molecule has 1 rings (SSSR count). The largest absolute Gasteiger partial charge is 0.392 e. The van der Waals surface area contributed by atoms with Gasteiger partial charge in [-0.3, -0.25) is 0 Å². The smallest absolute Gasteiger partial charge is 0.0681 e. The fourth-order valence-electron chi connectivity index (χ4n) is 0.840. The topological polar surface area (TPSA) is 20.2 Å². The summed E-state index contributed by atoms with van der Waals surface area (Å²) in [5, 5.41) is 8.87. The van der Waals surface area contributed by atoms with Crippen molar-refractivity contribution in [1.82, 2.24) is 0 Å². The molecule has 0 saturated carbocycles. The van der Waals surface area contributed by atoms with Crippen molar-refractivity contribution in [3.8, 4) is 0 Å². The summed E-state index contributed by atoms with van der Waals surface area (Å²) in [6, 6.07) is 17.3. The monoisotopic (exact) mass is 160 g/mol. The van der Waals surface area contributed by atoms with Gasteiger partial charge in [0, 0.05) is 0 Å². The lowest BCUT2D eigenvalue weighted by atomic mass is 10.3. The van der Waals surface area contributed by atoms with Crippen LogP contribution in [0.5, 0.6) is 0 Å². The van der Waals surface area contributed by atoms with E-state index in [9.17, 15) is 0 Å². The van der Waals surface area contributed by atoms with E-state index in [0.29, 0.717) is 0 Å². The summed E-state index contributed by atoms with van der Waals surface area (Å²) in [5.74, 6) is 0. The molecule has 0 fully saturated rings. The van der Waals surface area contributed by atoms with Crippen molar-refractivity contribution >= 4 is 0 Å². The zero-order valence-corrected chi connectivity index (χ0v) is 6.85. The number of hydrogen-bond donors (Lipinski definition) is 1. The maximum atomic E-state index is 8.87. The first kappa shape index (κ1) is 8.75. The highest BCUT2D eigenvalue weighted by atomic mass is 16.3. The molecule has 0 aliphatic carbocycles. The average Bonchev–Trinajstić information content (AvgIpc) is 2.14. The third-order valence-corrected chi connectivity index (χ3v) is 1.47. The third kappa shape index (κ3) is 3.17. The van der Waals surface area contributed by atoms with Crippen LogP contribution in [0.2, 0.25) is 0 Å². The third-order valence-electron chi connectivity index (χ3n) is 1.47. The molecular formula is C11H12O. The number of rotatable bonds is 1. The molecule has 1 aromatic carbocycles. The molecule has 12 heavy (non-hydrogen) atoms. The molecule has 0 aliphatic rings. The van der Waals surface area contributed by atoms with Gasteiger partial charge < -0.3 is 5.11 Å². The fraction of sp³-hybridized carbons (Fsp3) is 0.0909. The van der Waals surface area contributed by atoms with Crippen molar-refractivity contribution < 1.29 is 5.11 Å². The van der Waals surface area contributed by atoms with Crippen LogP contribution in [0.3, 0.4) is 0 Å². The molecule has 0 amide bonds. The molecule has 0 atom stereocenters. The predicted octanol–water partition coefficient (Wildman–Crippen LogP) is 2.30. The van der Waals surface area contributed by atoms with Gasteiger partial charge in [0.25, 0.3) is 0 Å². The van der Waals surface area contributed by atoms with E-state index in [1.807, 2.05) is 54.6 Å². The fourth-order valence-corrected chi connectivity index (χ4v) is 0.840. The van der Waals surface area contributed by atoms with E-state index < -0.39 is 0 Å². The highest BCUT2D eigenvalue weighted by molar-refractivity contribution is 5.10. The Labute approximate surface area is 72.6 Å². The van der Waals surface area contributed by atoms with Crippen molar-refractivity contribution in [2.45, 2.75) is 6.61 Å². The van der Waals surface area contributed by atoms with Crippen LogP contribution in [-0.2, 0) is 6.61 Å². The van der Waals surface area contributed by atoms with Gasteiger partial charge >= 0.3 is 0 Å². The molecule has 0 aromatic heterocycles. The Morgan fingerprint density at radius 2 is 1.17 bits per heavy atom. The zero-order chi connectivity index (χ0) is 8.65. The number of hydrogen-bond acceptors (Lipinski definition) is 1. The molecule has 0 radical (unpaired) electrons. The molecule has 1 nitrogen and oxygen atoms in total. The van der Waals surface area contributed by atoms with E-state index in [0.717, 1.165) is 5.56 Å². The second-order valence-electron chi connectivity index (χ2n) is 2.41. The van der Waals surface area contributed by atoms with Gasteiger partial charge in [0.15, 0.2) is 0 Å². The van der Waals surface area contributed by atoms with E-state index in [1.54, 1.807) is 0 Å². The van der Waals surface area contributed by atoms with E-state index in [-0.39, 0.29) is 6.61 Å². The Bertz CT molecular complexity index is 255. The normalized spacial score (nSPS) is 8.75. The van der Waals surface area contributed by atoms with Crippen molar-refractivity contribution in [1.29, 1.82) is 0 Å². The summed E-state index contributed by atoms with van der Waals surface area (Å²) in [6.07, 6.45) is 0. The first-order valence-corrected chi connectivity index (χ1v) is 3.91. The van der Waals surface area contributed by atoms with Gasteiger partial charge in [-0.05, 0) is 5.56 Å². The maximum Gasteiger partial charge on any atom is 0.0681 e. The van der Waals surface area contributed by atoms with Gasteiger partial charge in [-0.25, -0.2) is 0 Å². The summed E-state index contributed by atoms with van der Waals surface area (Å²) in [6.45, 7) is 0.0817. The van der Waals surface area contributed by atoms with E-state index in [4.69, 9.17) is 5.11 Å². The van der Waals surface area contributed by atoms with Crippen molar-refractivity contribution in [2.75, 3.05) is 0 Å². The standard InChI is InChI=1S/C11H12O/c12-10-11-8-6-4-2-1-3-5-7-9-11/h1-9,12H,10H2. The molecule has 0 unspecified atom stereocenters. The molecule has 0 spiro atoms. The van der Waals surface area contributed by atoms with Crippen LogP contribution in [0.1, 0.15) is 5.56 Å². The highest BCUT2D eigenvalue weighted by Crippen LogP contribution is 1.93. The number of aliphatic hydroxyl groups excluding tert-OH is 1. The van der Waals surface area contributed by atoms with Crippen LogP contribution < -0.4 is 0 Å². The van der Waals surface area contributed by atoms with E-state index in [2.05, 4.69) is 0 Å². The summed E-state index contributed by atoms with van der Waals surface area (Å²) in [4.78, 5) is 0. The lowest BCUT2D eigenvalue weighted by Crippen LogP contribution is -1.76. The molecule has 1 aromatic rings. The molecule has 0 aliphatic heterocycles. The number of aliphatic hydroxyl groups is 1. The molecule has 62 valence electrons. The lowest BCUT2D eigenvalue weighted by Gasteiger charge is -1.87. The van der Waals surface area contributed by atoms with Gasteiger partial charge in [-0.15, -0.1) is 0 Å². The average molecular weight is 160 g/mol. The zero-order valence-electron chi connectivity index (χ0n) is 6.85. The molecule has 1 N–H and O–H groups in total. The summed E-state index contributed by atoms with van der Waals surface area (Å²) >= 11 is 0. The quantitative estimate of drug-likeness (QED) is 0.668. The van der Waals surface area contributed by atoms with Gasteiger partial charge in [0.05, 0.1) is 6.61 Å². The maximum absolute atomic E-state index is 8.87. The second-order valence-corrected chi connectivity index (χ2v) is 2.41. The van der Waals surface area contributed by atoms with Crippen molar-refractivity contribution in [3.05, 3.63) is 60.2 Å². The van der Waals surface area contributed by atoms with Gasteiger partial charge in [-0.1, -0.05) is 54.6 Å². The molecule has 0 heterocycles. The first-order valence-electron chi connectivity index (χ1n) is 3.91. The Morgan fingerprint density at radius 3 is 1.58 bits per heavy atom. The van der Waals surface area contributed by atoms with Gasteiger partial charge in [-0.2, -0.15) is 0 Å². The molecule has 0 bridgehead atoms.